The summed E-state index contributed by atoms with van der Waals surface area (Å²) in [5.41, 5.74) is -0.482. The second-order valence-corrected chi connectivity index (χ2v) is 4.48. The normalized spacial score (nSPS) is 12.3. The number of carbonyl (C=O) groups excluding carboxylic acids is 1. The monoisotopic (exact) mass is 273 g/mol. The van der Waals surface area contributed by atoms with Gasteiger partial charge in [0.15, 0.2) is 5.15 Å². The molecule has 1 aromatic heterocycles. The van der Waals surface area contributed by atoms with Gasteiger partial charge in [-0.3, -0.25) is 14.2 Å². The van der Waals surface area contributed by atoms with E-state index in [1.807, 2.05) is 13.8 Å². The van der Waals surface area contributed by atoms with Gasteiger partial charge in [-0.2, -0.15) is 0 Å². The van der Waals surface area contributed by atoms with Crippen molar-refractivity contribution in [2.75, 3.05) is 7.11 Å². The van der Waals surface area contributed by atoms with Crippen molar-refractivity contribution in [3.8, 4) is 5.75 Å². The first kappa shape index (κ1) is 14.5. The van der Waals surface area contributed by atoms with Gasteiger partial charge in [0.1, 0.15) is 12.4 Å². The average molecular weight is 274 g/mol. The SMILES string of the molecule is COc1c(Cl)ncn(C(C)C(=O)NC(C)C)c1=O. The van der Waals surface area contributed by atoms with E-state index in [1.165, 1.54) is 18.0 Å². The Labute approximate surface area is 110 Å². The molecule has 0 saturated heterocycles. The molecule has 0 fully saturated rings. The lowest BCUT2D eigenvalue weighted by Crippen LogP contribution is -2.39. The topological polar surface area (TPSA) is 73.2 Å². The number of amides is 1. The predicted molar refractivity (Wildman–Crippen MR) is 68.0 cm³/mol. The van der Waals surface area contributed by atoms with Crippen LogP contribution >= 0.6 is 11.6 Å². The minimum atomic E-state index is -0.682. The van der Waals surface area contributed by atoms with E-state index in [0.717, 1.165) is 0 Å². The van der Waals surface area contributed by atoms with E-state index in [0.29, 0.717) is 0 Å². The highest BCUT2D eigenvalue weighted by atomic mass is 35.5. The number of rotatable bonds is 4. The van der Waals surface area contributed by atoms with Crippen molar-refractivity contribution in [1.29, 1.82) is 0 Å². The Morgan fingerprint density at radius 2 is 2.11 bits per heavy atom. The third-order valence-corrected chi connectivity index (χ3v) is 2.61. The zero-order chi connectivity index (χ0) is 13.9. The van der Waals surface area contributed by atoms with Crippen LogP contribution in [0.25, 0.3) is 0 Å². The van der Waals surface area contributed by atoms with Gasteiger partial charge in [-0.1, -0.05) is 11.6 Å². The van der Waals surface area contributed by atoms with Crippen molar-refractivity contribution in [2.45, 2.75) is 32.9 Å². The molecule has 0 aliphatic rings. The van der Waals surface area contributed by atoms with Gasteiger partial charge in [0.25, 0.3) is 5.56 Å². The van der Waals surface area contributed by atoms with Crippen LogP contribution in [0.5, 0.6) is 5.75 Å². The summed E-state index contributed by atoms with van der Waals surface area (Å²) in [5, 5.41) is 2.70. The molecule has 0 aliphatic carbocycles. The van der Waals surface area contributed by atoms with Gasteiger partial charge in [0.05, 0.1) is 7.11 Å². The van der Waals surface area contributed by atoms with Gasteiger partial charge in [-0.25, -0.2) is 4.98 Å². The molecule has 0 radical (unpaired) electrons. The summed E-state index contributed by atoms with van der Waals surface area (Å²) in [6.45, 7) is 5.29. The molecule has 0 saturated carbocycles. The van der Waals surface area contributed by atoms with Crippen LogP contribution < -0.4 is 15.6 Å². The molecule has 1 unspecified atom stereocenters. The second kappa shape index (κ2) is 5.86. The van der Waals surface area contributed by atoms with Gasteiger partial charge in [0, 0.05) is 6.04 Å². The summed E-state index contributed by atoms with van der Waals surface area (Å²) in [5.74, 6) is -0.332. The lowest BCUT2D eigenvalue weighted by Gasteiger charge is -2.17. The van der Waals surface area contributed by atoms with E-state index in [9.17, 15) is 9.59 Å². The molecule has 1 heterocycles. The standard InChI is InChI=1S/C11H16ClN3O3/c1-6(2)14-10(16)7(3)15-5-13-9(12)8(18-4)11(15)17/h5-7H,1-4H3,(H,14,16). The Morgan fingerprint density at radius 3 is 2.61 bits per heavy atom. The zero-order valence-electron chi connectivity index (χ0n) is 10.7. The van der Waals surface area contributed by atoms with Crippen molar-refractivity contribution in [3.63, 3.8) is 0 Å². The fraction of sp³-hybridized carbons (Fsp3) is 0.545. The molecule has 0 aliphatic heterocycles. The lowest BCUT2D eigenvalue weighted by molar-refractivity contribution is -0.124. The Bertz CT molecular complexity index is 499. The summed E-state index contributed by atoms with van der Waals surface area (Å²) in [7, 11) is 1.33. The fourth-order valence-corrected chi connectivity index (χ4v) is 1.61. The van der Waals surface area contributed by atoms with Crippen LogP contribution in [0.1, 0.15) is 26.8 Å². The van der Waals surface area contributed by atoms with E-state index >= 15 is 0 Å². The van der Waals surface area contributed by atoms with E-state index in [4.69, 9.17) is 16.3 Å². The Hall–Kier alpha value is -1.56. The number of halogens is 1. The Morgan fingerprint density at radius 1 is 1.50 bits per heavy atom. The molecule has 18 heavy (non-hydrogen) atoms. The number of nitrogens with one attached hydrogen (secondary N) is 1. The Kier molecular flexibility index (Phi) is 4.72. The van der Waals surface area contributed by atoms with Crippen molar-refractivity contribution < 1.29 is 9.53 Å². The van der Waals surface area contributed by atoms with Crippen LogP contribution in [0, 0.1) is 0 Å². The predicted octanol–water partition coefficient (Wildman–Crippen LogP) is 0.991. The Balaban J connectivity index is 3.11. The van der Waals surface area contributed by atoms with Gasteiger partial charge < -0.3 is 10.1 Å². The van der Waals surface area contributed by atoms with Gasteiger partial charge in [-0.15, -0.1) is 0 Å². The molecule has 0 aromatic carbocycles. The molecule has 1 N–H and O–H groups in total. The van der Waals surface area contributed by atoms with Crippen LogP contribution in [0.3, 0.4) is 0 Å². The van der Waals surface area contributed by atoms with Crippen molar-refractivity contribution >= 4 is 17.5 Å². The molecule has 1 atom stereocenters. The quantitative estimate of drug-likeness (QED) is 0.831. The third kappa shape index (κ3) is 3.01. The van der Waals surface area contributed by atoms with E-state index in [-0.39, 0.29) is 22.9 Å². The molecular formula is C11H16ClN3O3. The van der Waals surface area contributed by atoms with Crippen LogP contribution in [0.4, 0.5) is 0 Å². The largest absolute Gasteiger partial charge is 0.489 e. The average Bonchev–Trinajstić information content (AvgIpc) is 2.28. The highest BCUT2D eigenvalue weighted by molar-refractivity contribution is 6.30. The summed E-state index contributed by atoms with van der Waals surface area (Å²) < 4.78 is 6.05. The number of aromatic nitrogens is 2. The minimum absolute atomic E-state index is 0.00203. The zero-order valence-corrected chi connectivity index (χ0v) is 11.5. The van der Waals surface area contributed by atoms with Crippen LogP contribution in [0.2, 0.25) is 5.15 Å². The molecule has 0 bridgehead atoms. The fourth-order valence-electron chi connectivity index (χ4n) is 1.41. The first-order chi connectivity index (χ1) is 8.38. The highest BCUT2D eigenvalue weighted by Crippen LogP contribution is 2.16. The summed E-state index contributed by atoms with van der Waals surface area (Å²) >= 11 is 5.72. The van der Waals surface area contributed by atoms with Crippen LogP contribution in [0.15, 0.2) is 11.1 Å². The van der Waals surface area contributed by atoms with Gasteiger partial charge in [0.2, 0.25) is 11.7 Å². The summed E-state index contributed by atoms with van der Waals surface area (Å²) in [6.07, 6.45) is 1.23. The molecule has 0 spiro atoms. The maximum atomic E-state index is 12.0. The maximum Gasteiger partial charge on any atom is 0.298 e. The second-order valence-electron chi connectivity index (χ2n) is 4.12. The van der Waals surface area contributed by atoms with Crippen molar-refractivity contribution in [3.05, 3.63) is 21.8 Å². The van der Waals surface area contributed by atoms with Crippen molar-refractivity contribution in [2.24, 2.45) is 0 Å². The van der Waals surface area contributed by atoms with Crippen molar-refractivity contribution in [1.82, 2.24) is 14.9 Å². The lowest BCUT2D eigenvalue weighted by atomic mass is 10.2. The molecule has 1 aromatic rings. The number of nitrogens with zero attached hydrogens (tertiary/aromatic N) is 2. The molecule has 100 valence electrons. The van der Waals surface area contributed by atoms with Gasteiger partial charge in [-0.05, 0) is 20.8 Å². The smallest absolute Gasteiger partial charge is 0.298 e. The first-order valence-corrected chi connectivity index (χ1v) is 5.87. The maximum absolute atomic E-state index is 12.0. The number of hydrogen-bond acceptors (Lipinski definition) is 4. The van der Waals surface area contributed by atoms with E-state index < -0.39 is 11.6 Å². The number of methoxy groups -OCH3 is 1. The number of ether oxygens (including phenoxy) is 1. The number of carbonyl (C=O) groups is 1. The third-order valence-electron chi connectivity index (χ3n) is 2.34. The number of hydrogen-bond donors (Lipinski definition) is 1. The molecule has 6 nitrogen and oxygen atoms in total. The first-order valence-electron chi connectivity index (χ1n) is 5.49. The molecular weight excluding hydrogens is 258 g/mol. The molecule has 1 rings (SSSR count). The van der Waals surface area contributed by atoms with Gasteiger partial charge >= 0.3 is 0 Å². The summed E-state index contributed by atoms with van der Waals surface area (Å²) in [6, 6.07) is -0.684. The van der Waals surface area contributed by atoms with Crippen LogP contribution in [-0.4, -0.2) is 28.6 Å². The van der Waals surface area contributed by atoms with E-state index in [1.54, 1.807) is 6.92 Å². The van der Waals surface area contributed by atoms with Crippen LogP contribution in [-0.2, 0) is 4.79 Å². The van der Waals surface area contributed by atoms with E-state index in [2.05, 4.69) is 10.3 Å². The molecule has 1 amide bonds. The molecule has 7 heteroatoms. The highest BCUT2D eigenvalue weighted by Gasteiger charge is 2.20. The minimum Gasteiger partial charge on any atom is -0.489 e. The summed E-state index contributed by atoms with van der Waals surface area (Å²) in [4.78, 5) is 27.6.